The Labute approximate surface area is 98.1 Å². The minimum Gasteiger partial charge on any atom is -0.368 e. The van der Waals surface area contributed by atoms with E-state index < -0.39 is 0 Å². The number of nitrogens with one attached hydrogen (secondary N) is 2. The molecule has 0 amide bonds. The number of thiophene rings is 1. The van der Waals surface area contributed by atoms with Crippen LogP contribution in [0.2, 0.25) is 0 Å². The van der Waals surface area contributed by atoms with Crippen molar-refractivity contribution in [1.29, 1.82) is 0 Å². The Morgan fingerprint density at radius 2 is 2.50 bits per heavy atom. The van der Waals surface area contributed by atoms with Gasteiger partial charge in [-0.2, -0.15) is 4.98 Å². The predicted octanol–water partition coefficient (Wildman–Crippen LogP) is 2.40. The number of hydrogen-bond acceptors (Lipinski definition) is 5. The van der Waals surface area contributed by atoms with Gasteiger partial charge in [0.15, 0.2) is 0 Å². The number of anilines is 2. The number of nitrogens with zero attached hydrogens (tertiary/aromatic N) is 2. The van der Waals surface area contributed by atoms with Crippen molar-refractivity contribution in [3.05, 3.63) is 22.4 Å². The number of aromatic amines is 1. The van der Waals surface area contributed by atoms with Crippen LogP contribution in [0.4, 0.5) is 11.9 Å². The van der Waals surface area contributed by atoms with E-state index in [0.717, 1.165) is 12.8 Å². The highest BCUT2D eigenvalue weighted by molar-refractivity contribution is 7.10. The smallest absolute Gasteiger partial charge is 0.244 e. The maximum Gasteiger partial charge on any atom is 0.244 e. The number of nitrogen functional groups attached to an aromatic ring is 1. The highest BCUT2D eigenvalue weighted by Crippen LogP contribution is 2.26. The van der Waals surface area contributed by atoms with Gasteiger partial charge in [-0.25, -0.2) is 5.10 Å². The Kier molecular flexibility index (Phi) is 3.40. The summed E-state index contributed by atoms with van der Waals surface area (Å²) in [4.78, 5) is 5.34. The molecule has 0 bridgehead atoms. The lowest BCUT2D eigenvalue weighted by molar-refractivity contribution is 0.681. The van der Waals surface area contributed by atoms with E-state index in [-0.39, 0.29) is 6.04 Å². The Morgan fingerprint density at radius 1 is 1.62 bits per heavy atom. The fourth-order valence-corrected chi connectivity index (χ4v) is 2.37. The summed E-state index contributed by atoms with van der Waals surface area (Å²) in [6.07, 6.45) is 2.16. The molecule has 0 aliphatic carbocycles. The van der Waals surface area contributed by atoms with E-state index in [0.29, 0.717) is 11.9 Å². The lowest BCUT2D eigenvalue weighted by atomic mass is 10.1. The van der Waals surface area contributed by atoms with Crippen LogP contribution in [-0.4, -0.2) is 15.2 Å². The van der Waals surface area contributed by atoms with Gasteiger partial charge in [0.25, 0.3) is 0 Å². The van der Waals surface area contributed by atoms with Gasteiger partial charge in [0.05, 0.1) is 6.04 Å². The first-order valence-electron chi connectivity index (χ1n) is 5.27. The molecule has 6 heteroatoms. The Bertz CT molecular complexity index is 422. The Morgan fingerprint density at radius 3 is 3.06 bits per heavy atom. The van der Waals surface area contributed by atoms with Crippen LogP contribution in [0.3, 0.4) is 0 Å². The lowest BCUT2D eigenvalue weighted by Crippen LogP contribution is -2.10. The minimum atomic E-state index is 0.264. The number of aromatic nitrogens is 3. The molecule has 0 aliphatic heterocycles. The molecule has 86 valence electrons. The highest BCUT2D eigenvalue weighted by Gasteiger charge is 2.13. The van der Waals surface area contributed by atoms with Gasteiger partial charge >= 0.3 is 0 Å². The van der Waals surface area contributed by atoms with Crippen LogP contribution >= 0.6 is 11.3 Å². The van der Waals surface area contributed by atoms with Crippen LogP contribution in [-0.2, 0) is 0 Å². The van der Waals surface area contributed by atoms with Gasteiger partial charge in [-0.1, -0.05) is 19.4 Å². The zero-order valence-electron chi connectivity index (χ0n) is 9.10. The van der Waals surface area contributed by atoms with Crippen LogP contribution in [0.25, 0.3) is 0 Å². The number of rotatable bonds is 5. The van der Waals surface area contributed by atoms with Crippen molar-refractivity contribution in [2.24, 2.45) is 0 Å². The average Bonchev–Trinajstić information content (AvgIpc) is 2.88. The van der Waals surface area contributed by atoms with Gasteiger partial charge in [-0.15, -0.1) is 16.4 Å². The highest BCUT2D eigenvalue weighted by atomic mass is 32.1. The molecule has 16 heavy (non-hydrogen) atoms. The molecule has 0 aromatic carbocycles. The van der Waals surface area contributed by atoms with E-state index in [2.05, 4.69) is 44.9 Å². The quantitative estimate of drug-likeness (QED) is 0.746. The second kappa shape index (κ2) is 4.98. The van der Waals surface area contributed by atoms with E-state index in [9.17, 15) is 0 Å². The molecule has 0 spiro atoms. The van der Waals surface area contributed by atoms with Gasteiger partial charge in [0.1, 0.15) is 0 Å². The van der Waals surface area contributed by atoms with E-state index in [1.807, 2.05) is 0 Å². The third-order valence-electron chi connectivity index (χ3n) is 2.27. The fourth-order valence-electron chi connectivity index (χ4n) is 1.56. The number of nitrogens with two attached hydrogens (primary N) is 1. The first-order valence-corrected chi connectivity index (χ1v) is 6.15. The largest absolute Gasteiger partial charge is 0.368 e. The van der Waals surface area contributed by atoms with Crippen molar-refractivity contribution in [2.75, 3.05) is 11.1 Å². The average molecular weight is 237 g/mol. The van der Waals surface area contributed by atoms with Crippen molar-refractivity contribution in [1.82, 2.24) is 15.2 Å². The summed E-state index contributed by atoms with van der Waals surface area (Å²) in [7, 11) is 0. The van der Waals surface area contributed by atoms with Crippen LogP contribution in [0.5, 0.6) is 0 Å². The van der Waals surface area contributed by atoms with Gasteiger partial charge < -0.3 is 11.1 Å². The van der Waals surface area contributed by atoms with Gasteiger partial charge in [-0.05, 0) is 17.9 Å². The maximum atomic E-state index is 5.48. The second-order valence-corrected chi connectivity index (χ2v) is 4.52. The van der Waals surface area contributed by atoms with Crippen LogP contribution in [0.1, 0.15) is 30.7 Å². The van der Waals surface area contributed by atoms with Crippen molar-refractivity contribution in [2.45, 2.75) is 25.8 Å². The number of H-pyrrole nitrogens is 1. The van der Waals surface area contributed by atoms with E-state index in [1.165, 1.54) is 4.88 Å². The standard InChI is InChI=1S/C10H15N5S/c1-2-4-7(8-5-3-6-16-8)12-10-13-9(11)14-15-10/h3,5-7H,2,4H2,1H3,(H4,11,12,13,14,15). The molecule has 2 heterocycles. The van der Waals surface area contributed by atoms with Crippen LogP contribution in [0, 0.1) is 0 Å². The monoisotopic (exact) mass is 237 g/mol. The molecule has 0 radical (unpaired) electrons. The molecule has 1 unspecified atom stereocenters. The molecule has 2 aromatic heterocycles. The van der Waals surface area contributed by atoms with E-state index in [1.54, 1.807) is 11.3 Å². The molecule has 0 saturated heterocycles. The normalized spacial score (nSPS) is 12.6. The van der Waals surface area contributed by atoms with Gasteiger partial charge in [-0.3, -0.25) is 0 Å². The fraction of sp³-hybridized carbons (Fsp3) is 0.400. The summed E-state index contributed by atoms with van der Waals surface area (Å²) in [6.45, 7) is 2.16. The molecule has 0 saturated carbocycles. The van der Waals surface area contributed by atoms with E-state index in [4.69, 9.17) is 5.73 Å². The number of hydrogen-bond donors (Lipinski definition) is 3. The summed E-state index contributed by atoms with van der Waals surface area (Å²) < 4.78 is 0. The van der Waals surface area contributed by atoms with Crippen molar-refractivity contribution >= 4 is 23.2 Å². The molecular weight excluding hydrogens is 222 g/mol. The Hall–Kier alpha value is -1.56. The van der Waals surface area contributed by atoms with Crippen molar-refractivity contribution < 1.29 is 0 Å². The maximum absolute atomic E-state index is 5.48. The first-order chi connectivity index (χ1) is 7.79. The third kappa shape index (κ3) is 2.52. The summed E-state index contributed by atoms with van der Waals surface area (Å²) in [5.41, 5.74) is 5.48. The zero-order valence-corrected chi connectivity index (χ0v) is 9.92. The van der Waals surface area contributed by atoms with Crippen molar-refractivity contribution in [3.63, 3.8) is 0 Å². The zero-order chi connectivity index (χ0) is 11.4. The molecule has 0 fully saturated rings. The second-order valence-electron chi connectivity index (χ2n) is 3.55. The Balaban J connectivity index is 2.09. The van der Waals surface area contributed by atoms with Crippen LogP contribution in [0.15, 0.2) is 17.5 Å². The minimum absolute atomic E-state index is 0.264. The van der Waals surface area contributed by atoms with Crippen LogP contribution < -0.4 is 11.1 Å². The van der Waals surface area contributed by atoms with Crippen molar-refractivity contribution in [3.8, 4) is 0 Å². The summed E-state index contributed by atoms with van der Waals surface area (Å²) in [5, 5.41) is 12.0. The predicted molar refractivity (Wildman–Crippen MR) is 66.4 cm³/mol. The lowest BCUT2D eigenvalue weighted by Gasteiger charge is -2.14. The molecule has 2 rings (SSSR count). The molecular formula is C10H15N5S. The molecule has 1 atom stereocenters. The summed E-state index contributed by atoms with van der Waals surface area (Å²) in [5.74, 6) is 0.897. The topological polar surface area (TPSA) is 79.6 Å². The SMILES string of the molecule is CCCC(Nc1n[nH]c(N)n1)c1cccs1. The summed E-state index contributed by atoms with van der Waals surface area (Å²) >= 11 is 1.74. The molecule has 0 aliphatic rings. The third-order valence-corrected chi connectivity index (χ3v) is 3.26. The molecule has 2 aromatic rings. The van der Waals surface area contributed by atoms with Gasteiger partial charge in [0.2, 0.25) is 11.9 Å². The first kappa shape index (κ1) is 10.9. The molecule has 5 nitrogen and oxygen atoms in total. The van der Waals surface area contributed by atoms with Gasteiger partial charge in [0, 0.05) is 4.88 Å². The molecule has 4 N–H and O–H groups in total. The summed E-state index contributed by atoms with van der Waals surface area (Å²) in [6, 6.07) is 4.44. The van der Waals surface area contributed by atoms with E-state index >= 15 is 0 Å².